The molecular weight excluding hydrogens is 416 g/mol. The number of amides is 1. The molecule has 6 nitrogen and oxygen atoms in total. The van der Waals surface area contributed by atoms with Gasteiger partial charge in [-0.15, -0.1) is 22.7 Å². The van der Waals surface area contributed by atoms with Crippen LogP contribution in [-0.2, 0) is 4.79 Å². The van der Waals surface area contributed by atoms with Gasteiger partial charge in [-0.2, -0.15) is 0 Å². The number of benzene rings is 1. The number of carbonyl (C=O) groups excluding carboxylic acids is 1. The Morgan fingerprint density at radius 3 is 2.71 bits per heavy atom. The molecule has 4 aromatic rings. The molecule has 1 atom stereocenters. The molecular formula is C19H15ClN4O2S2. The summed E-state index contributed by atoms with van der Waals surface area (Å²) in [5.74, 6) is -0.288. The first kappa shape index (κ1) is 18.8. The van der Waals surface area contributed by atoms with E-state index in [1.54, 1.807) is 23.7 Å². The maximum atomic E-state index is 13.3. The number of carbonyl (C=O) groups is 1. The molecule has 0 aliphatic carbocycles. The molecule has 0 saturated carbocycles. The van der Waals surface area contributed by atoms with Crippen molar-refractivity contribution >= 4 is 55.5 Å². The molecule has 3 aromatic heterocycles. The molecule has 142 valence electrons. The van der Waals surface area contributed by atoms with E-state index >= 15 is 0 Å². The van der Waals surface area contributed by atoms with Gasteiger partial charge in [0.05, 0.1) is 11.7 Å². The smallest absolute Gasteiger partial charge is 0.263 e. The second-order valence-corrected chi connectivity index (χ2v) is 8.23. The minimum atomic E-state index is -0.675. The first-order valence-electron chi connectivity index (χ1n) is 8.53. The van der Waals surface area contributed by atoms with Gasteiger partial charge in [0.15, 0.2) is 5.13 Å². The van der Waals surface area contributed by atoms with E-state index in [1.165, 1.54) is 33.6 Å². The Bertz CT molecular complexity index is 1180. The number of thiophene rings is 1. The molecule has 28 heavy (non-hydrogen) atoms. The summed E-state index contributed by atoms with van der Waals surface area (Å²) in [5.41, 5.74) is 1.43. The lowest BCUT2D eigenvalue weighted by Gasteiger charge is -2.16. The first-order chi connectivity index (χ1) is 13.6. The molecule has 1 N–H and O–H groups in total. The molecule has 4 rings (SSSR count). The van der Waals surface area contributed by atoms with Crippen molar-refractivity contribution in [3.8, 4) is 11.1 Å². The summed E-state index contributed by atoms with van der Waals surface area (Å²) in [4.78, 5) is 35.1. The number of hydrogen-bond donors (Lipinski definition) is 1. The van der Waals surface area contributed by atoms with Crippen molar-refractivity contribution in [1.82, 2.24) is 14.5 Å². The summed E-state index contributed by atoms with van der Waals surface area (Å²) in [6.07, 6.45) is 3.51. The predicted octanol–water partition coefficient (Wildman–Crippen LogP) is 4.82. The lowest BCUT2D eigenvalue weighted by atomic mass is 10.1. The van der Waals surface area contributed by atoms with Crippen LogP contribution in [-0.4, -0.2) is 20.4 Å². The molecule has 0 aliphatic rings. The Morgan fingerprint density at radius 1 is 1.25 bits per heavy atom. The minimum absolute atomic E-state index is 0.239. The van der Waals surface area contributed by atoms with E-state index in [2.05, 4.69) is 15.3 Å². The van der Waals surface area contributed by atoms with Gasteiger partial charge in [0, 0.05) is 27.5 Å². The highest BCUT2D eigenvalue weighted by Gasteiger charge is 2.23. The number of nitrogens with zero attached hydrogens (tertiary/aromatic N) is 3. The normalized spacial score (nSPS) is 12.2. The standard InChI is InChI=1S/C19H15ClN4O2S2/c1-2-14(16(25)23-19-21-7-8-27-19)24-10-22-17-15(18(24)26)13(9-28-17)11-3-5-12(20)6-4-11/h3-10,14H,2H2,1H3,(H,21,23,25). The highest BCUT2D eigenvalue weighted by molar-refractivity contribution is 7.17. The molecule has 0 aliphatic heterocycles. The Morgan fingerprint density at radius 2 is 2.04 bits per heavy atom. The zero-order valence-electron chi connectivity index (χ0n) is 14.8. The Balaban J connectivity index is 1.78. The zero-order chi connectivity index (χ0) is 19.7. The summed E-state index contributed by atoms with van der Waals surface area (Å²) < 4.78 is 1.40. The summed E-state index contributed by atoms with van der Waals surface area (Å²) in [6, 6.07) is 6.63. The lowest BCUT2D eigenvalue weighted by Crippen LogP contribution is -2.33. The maximum Gasteiger partial charge on any atom is 0.263 e. The predicted molar refractivity (Wildman–Crippen MR) is 114 cm³/mol. The Labute approximate surface area is 173 Å². The van der Waals surface area contributed by atoms with Crippen LogP contribution in [0.4, 0.5) is 5.13 Å². The largest absolute Gasteiger partial charge is 0.300 e. The zero-order valence-corrected chi connectivity index (χ0v) is 17.1. The van der Waals surface area contributed by atoms with Gasteiger partial charge in [-0.3, -0.25) is 14.2 Å². The van der Waals surface area contributed by atoms with E-state index in [9.17, 15) is 9.59 Å². The second kappa shape index (κ2) is 7.83. The van der Waals surface area contributed by atoms with E-state index in [4.69, 9.17) is 11.6 Å². The molecule has 0 fully saturated rings. The Kier molecular flexibility index (Phi) is 5.25. The number of fused-ring (bicyclic) bond motifs is 1. The average Bonchev–Trinajstić information content (AvgIpc) is 3.35. The SMILES string of the molecule is CCC(C(=O)Nc1nccs1)n1cnc2scc(-c3ccc(Cl)cc3)c2c1=O. The third-order valence-corrected chi connectivity index (χ3v) is 6.19. The van der Waals surface area contributed by atoms with E-state index in [0.29, 0.717) is 26.8 Å². The average molecular weight is 431 g/mol. The van der Waals surface area contributed by atoms with Crippen molar-refractivity contribution in [2.75, 3.05) is 5.32 Å². The van der Waals surface area contributed by atoms with Gasteiger partial charge in [0.2, 0.25) is 5.91 Å². The number of halogens is 1. The second-order valence-electron chi connectivity index (χ2n) is 6.04. The Hall–Kier alpha value is -2.55. The van der Waals surface area contributed by atoms with Crippen LogP contribution in [0.5, 0.6) is 0 Å². The summed E-state index contributed by atoms with van der Waals surface area (Å²) in [7, 11) is 0. The van der Waals surface area contributed by atoms with Crippen LogP contribution in [0.15, 0.2) is 52.3 Å². The molecule has 9 heteroatoms. The van der Waals surface area contributed by atoms with Crippen LogP contribution in [0.2, 0.25) is 5.02 Å². The maximum absolute atomic E-state index is 13.3. The lowest BCUT2D eigenvalue weighted by molar-refractivity contribution is -0.119. The minimum Gasteiger partial charge on any atom is -0.300 e. The van der Waals surface area contributed by atoms with E-state index in [-0.39, 0.29) is 11.5 Å². The van der Waals surface area contributed by atoms with Gasteiger partial charge < -0.3 is 5.32 Å². The summed E-state index contributed by atoms with van der Waals surface area (Å²) >= 11 is 8.71. The number of anilines is 1. The van der Waals surface area contributed by atoms with Gasteiger partial charge >= 0.3 is 0 Å². The molecule has 1 aromatic carbocycles. The number of aromatic nitrogens is 3. The van der Waals surface area contributed by atoms with Gasteiger partial charge in [-0.1, -0.05) is 30.7 Å². The monoisotopic (exact) mass is 430 g/mol. The van der Waals surface area contributed by atoms with Crippen LogP contribution >= 0.6 is 34.3 Å². The van der Waals surface area contributed by atoms with E-state index in [0.717, 1.165) is 11.1 Å². The fraction of sp³-hybridized carbons (Fsp3) is 0.158. The molecule has 0 bridgehead atoms. The van der Waals surface area contributed by atoms with Crippen LogP contribution in [0.25, 0.3) is 21.3 Å². The molecule has 3 heterocycles. The number of nitrogens with one attached hydrogen (secondary N) is 1. The van der Waals surface area contributed by atoms with Gasteiger partial charge in [-0.05, 0) is 24.1 Å². The summed E-state index contributed by atoms with van der Waals surface area (Å²) in [6.45, 7) is 1.86. The van der Waals surface area contributed by atoms with Crippen molar-refractivity contribution in [1.29, 1.82) is 0 Å². The van der Waals surface area contributed by atoms with Crippen LogP contribution in [0, 0.1) is 0 Å². The topological polar surface area (TPSA) is 76.9 Å². The molecule has 0 saturated heterocycles. The molecule has 1 unspecified atom stereocenters. The van der Waals surface area contributed by atoms with Crippen molar-refractivity contribution in [3.63, 3.8) is 0 Å². The van der Waals surface area contributed by atoms with Crippen LogP contribution < -0.4 is 10.9 Å². The van der Waals surface area contributed by atoms with E-state index < -0.39 is 6.04 Å². The van der Waals surface area contributed by atoms with Crippen molar-refractivity contribution in [3.05, 3.63) is 62.9 Å². The highest BCUT2D eigenvalue weighted by atomic mass is 35.5. The quantitative estimate of drug-likeness (QED) is 0.492. The number of hydrogen-bond acceptors (Lipinski definition) is 6. The first-order valence-corrected chi connectivity index (χ1v) is 10.7. The van der Waals surface area contributed by atoms with Gasteiger partial charge in [0.25, 0.3) is 5.56 Å². The molecule has 0 spiro atoms. The third kappa shape index (κ3) is 3.46. The van der Waals surface area contributed by atoms with Crippen molar-refractivity contribution in [2.45, 2.75) is 19.4 Å². The van der Waals surface area contributed by atoms with Gasteiger partial charge in [-0.25, -0.2) is 9.97 Å². The fourth-order valence-corrected chi connectivity index (χ4v) is 4.56. The van der Waals surface area contributed by atoms with Crippen LogP contribution in [0.3, 0.4) is 0 Å². The fourth-order valence-electron chi connectivity index (χ4n) is 2.99. The van der Waals surface area contributed by atoms with Crippen LogP contribution in [0.1, 0.15) is 19.4 Å². The third-order valence-electron chi connectivity index (χ3n) is 4.36. The van der Waals surface area contributed by atoms with Crippen molar-refractivity contribution < 1.29 is 4.79 Å². The molecule has 1 amide bonds. The highest BCUT2D eigenvalue weighted by Crippen LogP contribution is 2.31. The molecule has 0 radical (unpaired) electrons. The summed E-state index contributed by atoms with van der Waals surface area (Å²) in [5, 5.41) is 8.09. The van der Waals surface area contributed by atoms with E-state index in [1.807, 2.05) is 24.4 Å². The van der Waals surface area contributed by atoms with Gasteiger partial charge in [0.1, 0.15) is 10.9 Å². The number of thiazole rings is 1. The number of rotatable bonds is 5. The van der Waals surface area contributed by atoms with Crippen molar-refractivity contribution in [2.24, 2.45) is 0 Å².